The van der Waals surface area contributed by atoms with Crippen molar-refractivity contribution in [2.24, 2.45) is 0 Å². The number of carbonyl (C=O) groups is 1. The minimum absolute atomic E-state index is 0.287. The number of fused-ring (bicyclic) bond motifs is 1. The van der Waals surface area contributed by atoms with Crippen LogP contribution in [-0.4, -0.2) is 26.1 Å². The predicted molar refractivity (Wildman–Crippen MR) is 96.2 cm³/mol. The average molecular weight is 340 g/mol. The standard InChI is InChI=1S/C19H12N6O/c20-8-12-6-14(10-22-9-12)13-3-4-17-16(7-13)18(25-24-17)19(26)23-15-2-1-5-21-11-15/h1-7,9-11H,(H,23,26)(H,24,25). The first-order chi connectivity index (χ1) is 12.7. The largest absolute Gasteiger partial charge is 0.319 e. The number of hydrogen-bond acceptors (Lipinski definition) is 5. The molecule has 0 fully saturated rings. The van der Waals surface area contributed by atoms with E-state index in [1.807, 2.05) is 18.2 Å². The fourth-order valence-electron chi connectivity index (χ4n) is 2.65. The zero-order valence-electron chi connectivity index (χ0n) is 13.5. The van der Waals surface area contributed by atoms with Gasteiger partial charge >= 0.3 is 0 Å². The molecular formula is C19H12N6O. The maximum absolute atomic E-state index is 12.6. The van der Waals surface area contributed by atoms with Crippen molar-refractivity contribution in [3.63, 3.8) is 0 Å². The Kier molecular flexibility index (Phi) is 3.84. The molecule has 124 valence electrons. The van der Waals surface area contributed by atoms with Gasteiger partial charge in [0.25, 0.3) is 5.91 Å². The Morgan fingerprint density at radius 3 is 2.81 bits per heavy atom. The topological polar surface area (TPSA) is 107 Å². The summed E-state index contributed by atoms with van der Waals surface area (Å²) in [5.74, 6) is -0.328. The third-order valence-electron chi connectivity index (χ3n) is 3.90. The molecule has 0 radical (unpaired) electrons. The fraction of sp³-hybridized carbons (Fsp3) is 0. The lowest BCUT2D eigenvalue weighted by Gasteiger charge is -2.04. The molecule has 26 heavy (non-hydrogen) atoms. The molecule has 0 aliphatic carbocycles. The molecule has 0 saturated heterocycles. The van der Waals surface area contributed by atoms with Gasteiger partial charge in [0.2, 0.25) is 0 Å². The van der Waals surface area contributed by atoms with Gasteiger partial charge in [-0.2, -0.15) is 10.4 Å². The SMILES string of the molecule is N#Cc1cncc(-c2ccc3[nH]nc(C(=O)Nc4cccnc4)c3c2)c1. The van der Waals surface area contributed by atoms with E-state index in [0.29, 0.717) is 16.6 Å². The molecule has 1 aromatic carbocycles. The molecule has 0 spiro atoms. The zero-order valence-corrected chi connectivity index (χ0v) is 13.5. The van der Waals surface area contributed by atoms with E-state index >= 15 is 0 Å². The van der Waals surface area contributed by atoms with Crippen molar-refractivity contribution in [3.05, 3.63) is 72.4 Å². The number of carbonyl (C=O) groups excluding carboxylic acids is 1. The van der Waals surface area contributed by atoms with Gasteiger partial charge in [0.05, 0.1) is 23.0 Å². The molecule has 2 N–H and O–H groups in total. The van der Waals surface area contributed by atoms with Crippen LogP contribution in [0.5, 0.6) is 0 Å². The fourth-order valence-corrected chi connectivity index (χ4v) is 2.65. The van der Waals surface area contributed by atoms with Crippen LogP contribution in [0, 0.1) is 11.3 Å². The highest BCUT2D eigenvalue weighted by atomic mass is 16.1. The summed E-state index contributed by atoms with van der Waals surface area (Å²) in [5, 5.41) is 19.5. The number of nitrogens with zero attached hydrogens (tertiary/aromatic N) is 4. The molecule has 1 amide bonds. The first-order valence-electron chi connectivity index (χ1n) is 7.79. The molecule has 4 aromatic rings. The molecule has 4 rings (SSSR count). The Morgan fingerprint density at radius 2 is 2.00 bits per heavy atom. The number of benzene rings is 1. The van der Waals surface area contributed by atoms with E-state index in [4.69, 9.17) is 5.26 Å². The Labute approximate surface area is 148 Å². The number of amides is 1. The molecule has 7 nitrogen and oxygen atoms in total. The zero-order chi connectivity index (χ0) is 17.9. The lowest BCUT2D eigenvalue weighted by Crippen LogP contribution is -2.12. The van der Waals surface area contributed by atoms with Gasteiger partial charge in [0, 0.05) is 29.5 Å². The van der Waals surface area contributed by atoms with Crippen molar-refractivity contribution < 1.29 is 4.79 Å². The van der Waals surface area contributed by atoms with Crippen LogP contribution < -0.4 is 5.32 Å². The number of rotatable bonds is 3. The lowest BCUT2D eigenvalue weighted by atomic mass is 10.0. The summed E-state index contributed by atoms with van der Waals surface area (Å²) in [7, 11) is 0. The van der Waals surface area contributed by atoms with Gasteiger partial charge in [-0.25, -0.2) is 0 Å². The van der Waals surface area contributed by atoms with Crippen LogP contribution >= 0.6 is 0 Å². The Bertz CT molecular complexity index is 1140. The number of hydrogen-bond donors (Lipinski definition) is 2. The van der Waals surface area contributed by atoms with Gasteiger partial charge in [-0.05, 0) is 35.9 Å². The van der Waals surface area contributed by atoms with Gasteiger partial charge in [-0.3, -0.25) is 19.9 Å². The number of nitrogens with one attached hydrogen (secondary N) is 2. The van der Waals surface area contributed by atoms with Gasteiger partial charge in [-0.1, -0.05) is 6.07 Å². The van der Waals surface area contributed by atoms with Gasteiger partial charge in [-0.15, -0.1) is 0 Å². The summed E-state index contributed by atoms with van der Waals surface area (Å²) in [6.45, 7) is 0. The van der Waals surface area contributed by atoms with Crippen LogP contribution in [-0.2, 0) is 0 Å². The maximum atomic E-state index is 12.6. The number of nitriles is 1. The van der Waals surface area contributed by atoms with E-state index in [1.165, 1.54) is 6.20 Å². The van der Waals surface area contributed by atoms with E-state index in [-0.39, 0.29) is 11.6 Å². The molecule has 0 unspecified atom stereocenters. The van der Waals surface area contributed by atoms with E-state index in [9.17, 15) is 4.79 Å². The van der Waals surface area contributed by atoms with Crippen LogP contribution in [0.1, 0.15) is 16.1 Å². The maximum Gasteiger partial charge on any atom is 0.276 e. The molecule has 0 atom stereocenters. The molecular weight excluding hydrogens is 328 g/mol. The number of pyridine rings is 2. The Balaban J connectivity index is 1.73. The van der Waals surface area contributed by atoms with Gasteiger partial charge < -0.3 is 5.32 Å². The number of anilines is 1. The minimum atomic E-state index is -0.328. The highest BCUT2D eigenvalue weighted by Gasteiger charge is 2.15. The van der Waals surface area contributed by atoms with E-state index in [1.54, 1.807) is 36.8 Å². The summed E-state index contributed by atoms with van der Waals surface area (Å²) < 4.78 is 0. The number of aromatic nitrogens is 4. The highest BCUT2D eigenvalue weighted by molar-refractivity contribution is 6.11. The summed E-state index contributed by atoms with van der Waals surface area (Å²) in [6.07, 6.45) is 6.39. The number of H-pyrrole nitrogens is 1. The molecule has 3 heterocycles. The van der Waals surface area contributed by atoms with Crippen molar-refractivity contribution in [3.8, 4) is 17.2 Å². The van der Waals surface area contributed by atoms with Gasteiger partial charge in [0.1, 0.15) is 6.07 Å². The summed E-state index contributed by atoms with van der Waals surface area (Å²) in [5.41, 5.74) is 3.74. The number of aromatic amines is 1. The third kappa shape index (κ3) is 2.87. The normalized spacial score (nSPS) is 10.4. The van der Waals surface area contributed by atoms with Crippen LogP contribution in [0.3, 0.4) is 0 Å². The van der Waals surface area contributed by atoms with E-state index < -0.39 is 0 Å². The van der Waals surface area contributed by atoms with Crippen LogP contribution in [0.2, 0.25) is 0 Å². The van der Waals surface area contributed by atoms with Crippen molar-refractivity contribution in [1.82, 2.24) is 20.2 Å². The van der Waals surface area contributed by atoms with Crippen LogP contribution in [0.25, 0.3) is 22.0 Å². The van der Waals surface area contributed by atoms with Crippen LogP contribution in [0.15, 0.2) is 61.2 Å². The van der Waals surface area contributed by atoms with Gasteiger partial charge in [0.15, 0.2) is 5.69 Å². The second kappa shape index (κ2) is 6.45. The Hall–Kier alpha value is -4.05. The summed E-state index contributed by atoms with van der Waals surface area (Å²) in [4.78, 5) is 20.6. The first kappa shape index (κ1) is 15.5. The van der Waals surface area contributed by atoms with Crippen molar-refractivity contribution in [2.45, 2.75) is 0 Å². The van der Waals surface area contributed by atoms with Crippen molar-refractivity contribution >= 4 is 22.5 Å². The smallest absolute Gasteiger partial charge is 0.276 e. The van der Waals surface area contributed by atoms with E-state index in [0.717, 1.165) is 16.6 Å². The average Bonchev–Trinajstić information content (AvgIpc) is 3.12. The lowest BCUT2D eigenvalue weighted by molar-refractivity contribution is 0.102. The molecule has 0 bridgehead atoms. The summed E-state index contributed by atoms with van der Waals surface area (Å²) in [6, 6.07) is 12.9. The molecule has 3 aromatic heterocycles. The minimum Gasteiger partial charge on any atom is -0.319 e. The second-order valence-corrected chi connectivity index (χ2v) is 5.60. The Morgan fingerprint density at radius 1 is 1.08 bits per heavy atom. The monoisotopic (exact) mass is 340 g/mol. The van der Waals surface area contributed by atoms with Crippen molar-refractivity contribution in [1.29, 1.82) is 5.26 Å². The quantitative estimate of drug-likeness (QED) is 0.596. The molecule has 7 heteroatoms. The highest BCUT2D eigenvalue weighted by Crippen LogP contribution is 2.26. The molecule has 0 aliphatic heterocycles. The third-order valence-corrected chi connectivity index (χ3v) is 3.90. The second-order valence-electron chi connectivity index (χ2n) is 5.60. The van der Waals surface area contributed by atoms with Crippen molar-refractivity contribution in [2.75, 3.05) is 5.32 Å². The summed E-state index contributed by atoms with van der Waals surface area (Å²) >= 11 is 0. The van der Waals surface area contributed by atoms with E-state index in [2.05, 4.69) is 31.6 Å². The molecule has 0 saturated carbocycles. The first-order valence-corrected chi connectivity index (χ1v) is 7.79. The van der Waals surface area contributed by atoms with Crippen LogP contribution in [0.4, 0.5) is 5.69 Å². The predicted octanol–water partition coefficient (Wildman–Crippen LogP) is 3.14. The molecule has 0 aliphatic rings.